The highest BCUT2D eigenvalue weighted by Crippen LogP contribution is 2.31. The molecule has 3 aromatic carbocycles. The third-order valence-corrected chi connectivity index (χ3v) is 5.75. The van der Waals surface area contributed by atoms with Crippen LogP contribution in [0, 0.1) is 0 Å². The van der Waals surface area contributed by atoms with Gasteiger partial charge >= 0.3 is 0 Å². The molecule has 0 aliphatic carbocycles. The molecule has 5 nitrogen and oxygen atoms in total. The molecule has 0 unspecified atom stereocenters. The van der Waals surface area contributed by atoms with Crippen molar-refractivity contribution in [3.8, 4) is 0 Å². The molecule has 5 heteroatoms. The molecular weight excluding hydrogens is 400 g/mol. The van der Waals surface area contributed by atoms with Crippen LogP contribution >= 0.6 is 0 Å². The second-order valence-corrected chi connectivity index (χ2v) is 8.15. The van der Waals surface area contributed by atoms with Gasteiger partial charge in [-0.05, 0) is 41.7 Å². The lowest BCUT2D eigenvalue weighted by molar-refractivity contribution is -0.120. The highest BCUT2D eigenvalue weighted by atomic mass is 16.5. The van der Waals surface area contributed by atoms with E-state index in [1.54, 1.807) is 0 Å². The molecule has 1 aliphatic rings. The third kappa shape index (κ3) is 5.42. The molecule has 0 spiro atoms. The average molecular weight is 429 g/mol. The molecule has 4 rings (SSSR count). The lowest BCUT2D eigenvalue weighted by Crippen LogP contribution is -2.38. The van der Waals surface area contributed by atoms with Gasteiger partial charge in [0, 0.05) is 25.3 Å². The van der Waals surface area contributed by atoms with Crippen LogP contribution in [0.15, 0.2) is 84.9 Å². The summed E-state index contributed by atoms with van der Waals surface area (Å²) in [5, 5.41) is 6.09. The molecule has 1 heterocycles. The van der Waals surface area contributed by atoms with Crippen molar-refractivity contribution in [3.63, 3.8) is 0 Å². The molecule has 0 radical (unpaired) electrons. The van der Waals surface area contributed by atoms with Gasteiger partial charge in [0.2, 0.25) is 11.8 Å². The van der Waals surface area contributed by atoms with Crippen molar-refractivity contribution in [1.82, 2.24) is 5.32 Å². The van der Waals surface area contributed by atoms with E-state index in [0.29, 0.717) is 13.0 Å². The first kappa shape index (κ1) is 21.8. The van der Waals surface area contributed by atoms with Crippen LogP contribution in [0.4, 0.5) is 5.69 Å². The van der Waals surface area contributed by atoms with Gasteiger partial charge in [-0.25, -0.2) is 0 Å². The Labute approximate surface area is 188 Å². The van der Waals surface area contributed by atoms with Crippen LogP contribution in [-0.4, -0.2) is 24.5 Å². The number of carbonyl (C=O) groups is 2. The molecule has 0 saturated carbocycles. The van der Waals surface area contributed by atoms with Gasteiger partial charge in [-0.1, -0.05) is 72.8 Å². The normalized spacial score (nSPS) is 18.2. The van der Waals surface area contributed by atoms with E-state index in [-0.39, 0.29) is 24.0 Å². The van der Waals surface area contributed by atoms with Crippen molar-refractivity contribution < 1.29 is 14.3 Å². The Morgan fingerprint density at radius 2 is 1.56 bits per heavy atom. The van der Waals surface area contributed by atoms with Crippen LogP contribution < -0.4 is 10.6 Å². The molecule has 1 saturated heterocycles. The van der Waals surface area contributed by atoms with E-state index in [4.69, 9.17) is 4.74 Å². The molecule has 1 fully saturated rings. The minimum absolute atomic E-state index is 0.0236. The first-order valence-electron chi connectivity index (χ1n) is 11.0. The molecule has 2 N–H and O–H groups in total. The molecule has 3 aromatic rings. The summed E-state index contributed by atoms with van der Waals surface area (Å²) in [6.07, 6.45) is 1.41. The SMILES string of the molecule is CC(=O)N[C@H]1CCO[C@@H](c2cccc(NC(=O)C(c3ccccc3)c3ccccc3)c2)C1. The summed E-state index contributed by atoms with van der Waals surface area (Å²) in [7, 11) is 0. The summed E-state index contributed by atoms with van der Waals surface area (Å²) in [5.41, 5.74) is 3.62. The maximum atomic E-state index is 13.4. The van der Waals surface area contributed by atoms with E-state index in [1.165, 1.54) is 6.92 Å². The zero-order chi connectivity index (χ0) is 22.3. The Balaban J connectivity index is 1.53. The average Bonchev–Trinajstić information content (AvgIpc) is 2.81. The van der Waals surface area contributed by atoms with Gasteiger partial charge in [-0.15, -0.1) is 0 Å². The van der Waals surface area contributed by atoms with Crippen molar-refractivity contribution in [2.24, 2.45) is 0 Å². The van der Waals surface area contributed by atoms with Crippen molar-refractivity contribution in [2.45, 2.75) is 37.8 Å². The molecule has 1 aliphatic heterocycles. The summed E-state index contributed by atoms with van der Waals surface area (Å²) in [4.78, 5) is 24.8. The van der Waals surface area contributed by atoms with Gasteiger partial charge in [0.25, 0.3) is 0 Å². The first-order valence-corrected chi connectivity index (χ1v) is 11.0. The molecule has 0 bridgehead atoms. The van der Waals surface area contributed by atoms with Gasteiger partial charge in [0.15, 0.2) is 0 Å². The van der Waals surface area contributed by atoms with Gasteiger partial charge < -0.3 is 15.4 Å². The Morgan fingerprint density at radius 3 is 2.19 bits per heavy atom. The van der Waals surface area contributed by atoms with E-state index in [9.17, 15) is 9.59 Å². The fourth-order valence-corrected chi connectivity index (χ4v) is 4.27. The van der Waals surface area contributed by atoms with Gasteiger partial charge in [-0.3, -0.25) is 9.59 Å². The number of hydrogen-bond acceptors (Lipinski definition) is 3. The van der Waals surface area contributed by atoms with E-state index in [0.717, 1.165) is 28.8 Å². The van der Waals surface area contributed by atoms with Crippen LogP contribution in [0.2, 0.25) is 0 Å². The lowest BCUT2D eigenvalue weighted by atomic mass is 9.90. The second-order valence-electron chi connectivity index (χ2n) is 8.15. The largest absolute Gasteiger partial charge is 0.373 e. The van der Waals surface area contributed by atoms with Crippen LogP contribution in [-0.2, 0) is 14.3 Å². The fourth-order valence-electron chi connectivity index (χ4n) is 4.27. The monoisotopic (exact) mass is 428 g/mol. The first-order chi connectivity index (χ1) is 15.6. The summed E-state index contributed by atoms with van der Waals surface area (Å²) in [6, 6.07) is 27.5. The molecule has 164 valence electrons. The standard InChI is InChI=1S/C27H28N2O3/c1-19(30)28-24-15-16-32-25(18-24)22-13-8-14-23(17-22)29-27(31)26(20-9-4-2-5-10-20)21-11-6-3-7-12-21/h2-14,17,24-26H,15-16,18H2,1H3,(H,28,30)(H,29,31)/t24-,25+/m0/s1. The topological polar surface area (TPSA) is 67.4 Å². The minimum Gasteiger partial charge on any atom is -0.373 e. The van der Waals surface area contributed by atoms with Gasteiger partial charge in [0.05, 0.1) is 12.0 Å². The lowest BCUT2D eigenvalue weighted by Gasteiger charge is -2.30. The Morgan fingerprint density at radius 1 is 0.906 bits per heavy atom. The number of amides is 2. The molecule has 2 amide bonds. The van der Waals surface area contributed by atoms with Crippen molar-refractivity contribution in [3.05, 3.63) is 102 Å². The summed E-state index contributed by atoms with van der Waals surface area (Å²) < 4.78 is 5.96. The predicted molar refractivity (Wildman–Crippen MR) is 125 cm³/mol. The maximum absolute atomic E-state index is 13.4. The van der Waals surface area contributed by atoms with Crippen molar-refractivity contribution in [1.29, 1.82) is 0 Å². The van der Waals surface area contributed by atoms with Gasteiger partial charge in [-0.2, -0.15) is 0 Å². The summed E-state index contributed by atoms with van der Waals surface area (Å²) >= 11 is 0. The van der Waals surface area contributed by atoms with Gasteiger partial charge in [0.1, 0.15) is 0 Å². The zero-order valence-corrected chi connectivity index (χ0v) is 18.2. The Bertz CT molecular complexity index is 1010. The summed E-state index contributed by atoms with van der Waals surface area (Å²) in [5.74, 6) is -0.513. The number of nitrogens with one attached hydrogen (secondary N) is 2. The minimum atomic E-state index is -0.406. The quantitative estimate of drug-likeness (QED) is 0.592. The van der Waals surface area contributed by atoms with Crippen LogP contribution in [0.25, 0.3) is 0 Å². The van der Waals surface area contributed by atoms with E-state index in [2.05, 4.69) is 10.6 Å². The number of carbonyl (C=O) groups excluding carboxylic acids is 2. The molecular formula is C27H28N2O3. The van der Waals surface area contributed by atoms with Crippen LogP contribution in [0.3, 0.4) is 0 Å². The summed E-state index contributed by atoms with van der Waals surface area (Å²) in [6.45, 7) is 2.13. The molecule has 0 aromatic heterocycles. The second kappa shape index (κ2) is 10.2. The maximum Gasteiger partial charge on any atom is 0.236 e. The highest BCUT2D eigenvalue weighted by Gasteiger charge is 2.26. The molecule has 32 heavy (non-hydrogen) atoms. The highest BCUT2D eigenvalue weighted by molar-refractivity contribution is 5.98. The predicted octanol–water partition coefficient (Wildman–Crippen LogP) is 4.81. The number of benzene rings is 3. The third-order valence-electron chi connectivity index (χ3n) is 5.75. The Hall–Kier alpha value is -3.44. The number of rotatable bonds is 6. The smallest absolute Gasteiger partial charge is 0.236 e. The van der Waals surface area contributed by atoms with E-state index < -0.39 is 5.92 Å². The molecule has 2 atom stereocenters. The Kier molecular flexibility index (Phi) is 6.97. The fraction of sp³-hybridized carbons (Fsp3) is 0.259. The van der Waals surface area contributed by atoms with Crippen LogP contribution in [0.1, 0.15) is 48.5 Å². The van der Waals surface area contributed by atoms with Crippen molar-refractivity contribution >= 4 is 17.5 Å². The number of anilines is 1. The number of ether oxygens (including phenoxy) is 1. The number of hydrogen-bond donors (Lipinski definition) is 2. The van der Waals surface area contributed by atoms with E-state index in [1.807, 2.05) is 84.9 Å². The van der Waals surface area contributed by atoms with E-state index >= 15 is 0 Å². The van der Waals surface area contributed by atoms with Crippen molar-refractivity contribution in [2.75, 3.05) is 11.9 Å². The zero-order valence-electron chi connectivity index (χ0n) is 18.2. The van der Waals surface area contributed by atoms with Crippen LogP contribution in [0.5, 0.6) is 0 Å².